The molecule has 2 N–H and O–H groups in total. The second-order valence-electron chi connectivity index (χ2n) is 13.9. The molecule has 4 rings (SSSR count). The third kappa shape index (κ3) is 9.27. The van der Waals surface area contributed by atoms with Crippen molar-refractivity contribution < 1.29 is 41.4 Å². The van der Waals surface area contributed by atoms with Crippen LogP contribution < -0.4 is 4.74 Å². The third-order valence-electron chi connectivity index (χ3n) is 8.62. The van der Waals surface area contributed by atoms with Crippen LogP contribution in [0.5, 0.6) is 5.75 Å². The number of sulfonamides is 1. The first-order valence-corrected chi connectivity index (χ1v) is 19.4. The Morgan fingerprint density at radius 3 is 2.29 bits per heavy atom. The molecular formula is C36H43Cl2F2N4O6S2+. The summed E-state index contributed by atoms with van der Waals surface area (Å²) in [7, 11) is 2.59. The quantitative estimate of drug-likeness (QED) is 0.0918. The van der Waals surface area contributed by atoms with Gasteiger partial charge in [-0.05, 0) is 61.0 Å². The number of ether oxygens (including phenoxy) is 1. The molecule has 3 aromatic carbocycles. The van der Waals surface area contributed by atoms with Crippen molar-refractivity contribution in [3.8, 4) is 11.4 Å². The largest absolute Gasteiger partial charge is 0.495 e. The zero-order chi connectivity index (χ0) is 38.8. The lowest BCUT2D eigenvalue weighted by molar-refractivity contribution is -0.870. The highest BCUT2D eigenvalue weighted by atomic mass is 35.5. The number of aliphatic carboxylic acids is 1. The van der Waals surface area contributed by atoms with Crippen LogP contribution in [0.15, 0.2) is 70.8 Å². The van der Waals surface area contributed by atoms with E-state index in [1.807, 2.05) is 51.7 Å². The van der Waals surface area contributed by atoms with Gasteiger partial charge in [0.1, 0.15) is 23.4 Å². The standard InChI is InChI=1S/C36H42Cl2F2N4O6S2/c1-22(45)33(34(46)47)42(15-8-16-44(4,5)6)52(48,49)26-18-29(38)27(30(40)19-26)21-51-35-41-20-32(43(35)25-12-10-24(39)11-13-25)36(2,3)23-9-14-28(37)31(17-23)50-7/h9-14,17-20,22,33,45H,8,15-16,21H2,1-7H3/p+1. The number of rotatable bonds is 16. The number of carbonyl (C=O) groups is 1. The molecule has 2 unspecified atom stereocenters. The monoisotopic (exact) mass is 799 g/mol. The Hall–Kier alpha value is -3.24. The molecular weight excluding hydrogens is 757 g/mol. The molecule has 1 aromatic heterocycles. The van der Waals surface area contributed by atoms with Gasteiger partial charge in [0.15, 0.2) is 5.16 Å². The van der Waals surface area contributed by atoms with Crippen molar-refractivity contribution in [2.75, 3.05) is 41.3 Å². The second-order valence-corrected chi connectivity index (χ2v) is 17.5. The Kier molecular flexibility index (Phi) is 13.1. The maximum Gasteiger partial charge on any atom is 0.324 e. The van der Waals surface area contributed by atoms with Crippen LogP contribution in [0.25, 0.3) is 5.69 Å². The van der Waals surface area contributed by atoms with Gasteiger partial charge in [-0.1, -0.05) is 54.9 Å². The number of thioether (sulfide) groups is 1. The van der Waals surface area contributed by atoms with Crippen LogP contribution >= 0.6 is 35.0 Å². The van der Waals surface area contributed by atoms with Gasteiger partial charge in [0, 0.05) is 40.4 Å². The molecule has 0 bridgehead atoms. The fourth-order valence-electron chi connectivity index (χ4n) is 5.73. The van der Waals surface area contributed by atoms with Gasteiger partial charge in [-0.25, -0.2) is 22.2 Å². The van der Waals surface area contributed by atoms with Crippen molar-refractivity contribution in [1.82, 2.24) is 13.9 Å². The predicted molar refractivity (Wildman–Crippen MR) is 199 cm³/mol. The minimum atomic E-state index is -4.64. The molecule has 16 heteroatoms. The molecule has 10 nitrogen and oxygen atoms in total. The fourth-order valence-corrected chi connectivity index (χ4v) is 9.10. The molecule has 0 aliphatic carbocycles. The van der Waals surface area contributed by atoms with Crippen molar-refractivity contribution >= 4 is 51.0 Å². The highest BCUT2D eigenvalue weighted by molar-refractivity contribution is 7.98. The molecule has 282 valence electrons. The predicted octanol–water partition coefficient (Wildman–Crippen LogP) is 7.01. The van der Waals surface area contributed by atoms with Crippen LogP contribution in [-0.4, -0.2) is 96.4 Å². The highest BCUT2D eigenvalue weighted by Gasteiger charge is 2.40. The Bertz CT molecular complexity index is 2000. The maximum atomic E-state index is 15.9. The Labute approximate surface area is 317 Å². The Balaban J connectivity index is 1.72. The van der Waals surface area contributed by atoms with Crippen LogP contribution in [0, 0.1) is 11.6 Å². The van der Waals surface area contributed by atoms with Crippen molar-refractivity contribution in [2.45, 2.75) is 60.6 Å². The van der Waals surface area contributed by atoms with E-state index in [1.165, 1.54) is 26.2 Å². The Morgan fingerprint density at radius 1 is 1.08 bits per heavy atom. The topological polar surface area (TPSA) is 122 Å². The van der Waals surface area contributed by atoms with Gasteiger partial charge in [0.05, 0.1) is 62.7 Å². The van der Waals surface area contributed by atoms with E-state index in [1.54, 1.807) is 24.4 Å². The molecule has 0 saturated heterocycles. The van der Waals surface area contributed by atoms with Crippen LogP contribution in [-0.2, 0) is 26.0 Å². The molecule has 0 aliphatic rings. The average Bonchev–Trinajstić information content (AvgIpc) is 3.48. The van der Waals surface area contributed by atoms with E-state index in [0.29, 0.717) is 36.9 Å². The summed E-state index contributed by atoms with van der Waals surface area (Å²) in [6.07, 6.45) is 0.387. The number of methoxy groups -OCH3 is 1. The summed E-state index contributed by atoms with van der Waals surface area (Å²) in [4.78, 5) is 16.3. The van der Waals surface area contributed by atoms with Crippen molar-refractivity contribution in [2.24, 2.45) is 0 Å². The number of nitrogens with zero attached hydrogens (tertiary/aromatic N) is 4. The minimum Gasteiger partial charge on any atom is -0.495 e. The average molecular weight is 801 g/mol. The first-order chi connectivity index (χ1) is 24.2. The number of quaternary nitrogens is 1. The fraction of sp³-hybridized carbons (Fsp3) is 0.389. The zero-order valence-electron chi connectivity index (χ0n) is 29.9. The van der Waals surface area contributed by atoms with Crippen LogP contribution in [0.1, 0.15) is 44.0 Å². The molecule has 0 spiro atoms. The zero-order valence-corrected chi connectivity index (χ0v) is 33.0. The van der Waals surface area contributed by atoms with E-state index in [4.69, 9.17) is 27.9 Å². The minimum absolute atomic E-state index is 0.00980. The summed E-state index contributed by atoms with van der Waals surface area (Å²) >= 11 is 14.0. The summed E-state index contributed by atoms with van der Waals surface area (Å²) in [5.41, 5.74) is 1.47. The van der Waals surface area contributed by atoms with Crippen LogP contribution in [0.4, 0.5) is 8.78 Å². The molecule has 0 amide bonds. The van der Waals surface area contributed by atoms with Gasteiger partial charge in [-0.15, -0.1) is 0 Å². The number of imidazole rings is 1. The number of halogens is 4. The van der Waals surface area contributed by atoms with Crippen molar-refractivity contribution in [1.29, 1.82) is 0 Å². The molecule has 1 heterocycles. The van der Waals surface area contributed by atoms with Gasteiger partial charge in [-0.2, -0.15) is 4.31 Å². The van der Waals surface area contributed by atoms with Crippen LogP contribution in [0.2, 0.25) is 10.0 Å². The molecule has 0 fully saturated rings. The summed E-state index contributed by atoms with van der Waals surface area (Å²) in [5.74, 6) is -2.49. The number of aromatic nitrogens is 2. The van der Waals surface area contributed by atoms with Crippen molar-refractivity contribution in [3.63, 3.8) is 0 Å². The van der Waals surface area contributed by atoms with Gasteiger partial charge in [0.25, 0.3) is 0 Å². The lowest BCUT2D eigenvalue weighted by atomic mass is 9.81. The third-order valence-corrected chi connectivity index (χ3v) is 12.1. The first-order valence-electron chi connectivity index (χ1n) is 16.2. The van der Waals surface area contributed by atoms with Gasteiger partial charge < -0.3 is 19.4 Å². The number of aliphatic hydroxyl groups excluding tert-OH is 1. The Morgan fingerprint density at radius 2 is 1.73 bits per heavy atom. The van der Waals surface area contributed by atoms with E-state index in [2.05, 4.69) is 4.98 Å². The summed E-state index contributed by atoms with van der Waals surface area (Å²) in [6, 6.07) is 11.3. The number of carboxylic acids is 1. The summed E-state index contributed by atoms with van der Waals surface area (Å²) < 4.78 is 66.1. The SMILES string of the molecule is COc1cc(C(C)(C)c2cnc(SCc3c(F)cc(S(=O)(=O)N(CCC[N+](C)(C)C)C(C(=O)O)C(C)O)cc3Cl)n2-c2ccc(F)cc2)ccc1Cl. The molecule has 0 aliphatic heterocycles. The van der Waals surface area contributed by atoms with Crippen LogP contribution in [0.3, 0.4) is 0 Å². The number of carboxylic acid groups (broad SMARTS) is 1. The normalized spacial score (nSPS) is 13.7. The first kappa shape index (κ1) is 41.5. The van der Waals surface area contributed by atoms with Crippen molar-refractivity contribution in [3.05, 3.63) is 99.3 Å². The van der Waals surface area contributed by atoms with Gasteiger partial charge >= 0.3 is 5.97 Å². The lowest BCUT2D eigenvalue weighted by Crippen LogP contribution is -2.51. The van der Waals surface area contributed by atoms with E-state index < -0.39 is 50.1 Å². The highest BCUT2D eigenvalue weighted by Crippen LogP contribution is 2.40. The van der Waals surface area contributed by atoms with Gasteiger partial charge in [0.2, 0.25) is 10.0 Å². The number of hydrogen-bond acceptors (Lipinski definition) is 7. The molecule has 4 aromatic rings. The number of benzene rings is 3. The lowest BCUT2D eigenvalue weighted by Gasteiger charge is -2.31. The summed E-state index contributed by atoms with van der Waals surface area (Å²) in [5, 5.41) is 20.8. The van der Waals surface area contributed by atoms with E-state index in [-0.39, 0.29) is 29.3 Å². The van der Waals surface area contributed by atoms with E-state index in [0.717, 1.165) is 35.2 Å². The summed E-state index contributed by atoms with van der Waals surface area (Å²) in [6.45, 7) is 5.42. The second kappa shape index (κ2) is 16.4. The maximum absolute atomic E-state index is 15.9. The van der Waals surface area contributed by atoms with Gasteiger partial charge in [-0.3, -0.25) is 9.36 Å². The molecule has 0 radical (unpaired) electrons. The van der Waals surface area contributed by atoms with E-state index in [9.17, 15) is 27.8 Å². The molecule has 0 saturated carbocycles. The number of aliphatic hydroxyl groups is 1. The smallest absolute Gasteiger partial charge is 0.324 e. The van der Waals surface area contributed by atoms with E-state index >= 15 is 4.39 Å². The number of hydrogen-bond donors (Lipinski definition) is 2. The molecule has 52 heavy (non-hydrogen) atoms. The molecule has 2 atom stereocenters.